The Morgan fingerprint density at radius 3 is 2.81 bits per heavy atom. The maximum Gasteiger partial charge on any atom is 0.387 e. The van der Waals surface area contributed by atoms with E-state index in [1.54, 1.807) is 28.9 Å². The molecule has 0 bridgehead atoms. The number of anilines is 1. The van der Waals surface area contributed by atoms with Crippen molar-refractivity contribution in [1.29, 1.82) is 0 Å². The molecule has 0 radical (unpaired) electrons. The highest BCUT2D eigenvalue weighted by molar-refractivity contribution is 5.89. The molecule has 0 spiro atoms. The van der Waals surface area contributed by atoms with Crippen LogP contribution < -0.4 is 20.1 Å². The molecule has 164 valence electrons. The van der Waals surface area contributed by atoms with Crippen molar-refractivity contribution in [1.82, 2.24) is 19.9 Å². The van der Waals surface area contributed by atoms with Gasteiger partial charge in [0, 0.05) is 24.0 Å². The van der Waals surface area contributed by atoms with Gasteiger partial charge >= 0.3 is 12.6 Å². The number of carbonyl (C=O) groups excluding carboxylic acids is 1. The van der Waals surface area contributed by atoms with Crippen LogP contribution in [0.5, 0.6) is 11.6 Å². The second-order valence-electron chi connectivity index (χ2n) is 7.15. The lowest BCUT2D eigenvalue weighted by molar-refractivity contribution is -0.0515. The van der Waals surface area contributed by atoms with Crippen LogP contribution in [0, 0.1) is 5.92 Å². The van der Waals surface area contributed by atoms with Gasteiger partial charge in [0.15, 0.2) is 11.6 Å². The Bertz CT molecular complexity index is 1090. The molecule has 11 heteroatoms. The molecule has 0 unspecified atom stereocenters. The summed E-state index contributed by atoms with van der Waals surface area (Å²) in [6.45, 7) is -3.12. The Hall–Kier alpha value is -3.47. The van der Waals surface area contributed by atoms with Gasteiger partial charge in [-0.3, -0.25) is 5.32 Å². The van der Waals surface area contributed by atoms with Gasteiger partial charge in [-0.05, 0) is 42.5 Å². The molecule has 1 fully saturated rings. The third-order valence-electron chi connectivity index (χ3n) is 4.97. The summed E-state index contributed by atoms with van der Waals surface area (Å²) in [5.41, 5.74) is 1.90. The number of pyridine rings is 2. The van der Waals surface area contributed by atoms with Crippen molar-refractivity contribution in [3.05, 3.63) is 36.7 Å². The highest BCUT2D eigenvalue weighted by Crippen LogP contribution is 2.33. The fourth-order valence-electron chi connectivity index (χ4n) is 3.29. The topological polar surface area (TPSA) is 110 Å². The van der Waals surface area contributed by atoms with Crippen LogP contribution in [-0.4, -0.2) is 52.1 Å². The molecule has 0 aromatic carbocycles. The normalized spacial score (nSPS) is 14.5. The molecule has 3 aromatic heterocycles. The molecule has 4 rings (SSSR count). The minimum atomic E-state index is -3.01. The predicted molar refractivity (Wildman–Crippen MR) is 107 cm³/mol. The molecular formula is C20H21F2N5O4. The minimum absolute atomic E-state index is 0.0423. The van der Waals surface area contributed by atoms with Gasteiger partial charge in [-0.2, -0.15) is 8.78 Å². The van der Waals surface area contributed by atoms with Crippen LogP contribution >= 0.6 is 0 Å². The molecule has 2 amide bonds. The number of aliphatic hydroxyl groups is 1. The summed E-state index contributed by atoms with van der Waals surface area (Å²) in [5.74, 6) is 0.434. The Morgan fingerprint density at radius 1 is 1.32 bits per heavy atom. The average Bonchev–Trinajstić information content (AvgIpc) is 3.51. The molecule has 1 aliphatic rings. The number of alkyl halides is 2. The Kier molecular flexibility index (Phi) is 5.85. The number of amides is 2. The number of fused-ring (bicyclic) bond motifs is 1. The molecule has 0 saturated heterocycles. The van der Waals surface area contributed by atoms with Gasteiger partial charge in [0.1, 0.15) is 0 Å². The van der Waals surface area contributed by atoms with E-state index < -0.39 is 12.6 Å². The highest BCUT2D eigenvalue weighted by atomic mass is 19.3. The lowest BCUT2D eigenvalue weighted by atomic mass is 10.1. The Balaban J connectivity index is 1.53. The average molecular weight is 433 g/mol. The van der Waals surface area contributed by atoms with Crippen molar-refractivity contribution in [2.75, 3.05) is 19.0 Å². The van der Waals surface area contributed by atoms with Gasteiger partial charge in [0.2, 0.25) is 0 Å². The SMILES string of the molecule is COc1ncc(-c2ccn3nc(NC(=O)N[C@@H](CO)C4CC4)cc3c2)cc1OC(F)F. The van der Waals surface area contributed by atoms with E-state index in [4.69, 9.17) is 4.74 Å². The summed E-state index contributed by atoms with van der Waals surface area (Å²) in [7, 11) is 1.32. The quantitative estimate of drug-likeness (QED) is 0.504. The van der Waals surface area contributed by atoms with E-state index in [2.05, 4.69) is 25.5 Å². The van der Waals surface area contributed by atoms with Crippen molar-refractivity contribution >= 4 is 17.4 Å². The largest absolute Gasteiger partial charge is 0.478 e. The fraction of sp³-hybridized carbons (Fsp3) is 0.350. The van der Waals surface area contributed by atoms with E-state index in [1.165, 1.54) is 19.4 Å². The summed E-state index contributed by atoms with van der Waals surface area (Å²) in [5, 5.41) is 19.1. The van der Waals surface area contributed by atoms with Gasteiger partial charge in [0.05, 0.1) is 25.3 Å². The van der Waals surface area contributed by atoms with Crippen molar-refractivity contribution in [3.8, 4) is 22.8 Å². The van der Waals surface area contributed by atoms with E-state index in [0.29, 0.717) is 28.4 Å². The molecule has 3 heterocycles. The molecule has 3 aromatic rings. The maximum atomic E-state index is 12.7. The van der Waals surface area contributed by atoms with E-state index in [-0.39, 0.29) is 24.3 Å². The summed E-state index contributed by atoms with van der Waals surface area (Å²) in [4.78, 5) is 16.2. The molecular weight excluding hydrogens is 412 g/mol. The Morgan fingerprint density at radius 2 is 2.13 bits per heavy atom. The van der Waals surface area contributed by atoms with Crippen LogP contribution in [0.15, 0.2) is 36.7 Å². The van der Waals surface area contributed by atoms with E-state index in [0.717, 1.165) is 12.8 Å². The zero-order valence-corrected chi connectivity index (χ0v) is 16.6. The monoisotopic (exact) mass is 433 g/mol. The molecule has 9 nitrogen and oxygen atoms in total. The first-order valence-corrected chi connectivity index (χ1v) is 9.64. The number of aromatic nitrogens is 3. The van der Waals surface area contributed by atoms with Crippen molar-refractivity contribution < 1.29 is 28.2 Å². The van der Waals surface area contributed by atoms with Crippen LogP contribution in [0.3, 0.4) is 0 Å². The standard InChI is InChI=1S/C20H21F2N5O4/c1-30-18-16(31-19(21)22)7-13(9-23-18)12-4-5-27-14(6-12)8-17(26-27)25-20(29)24-15(10-28)11-2-3-11/h4-9,11,15,19,28H,2-3,10H2,1H3,(H2,24,25,26,29)/t15-/m0/s1. The molecule has 1 atom stereocenters. The number of methoxy groups -OCH3 is 1. The van der Waals surface area contributed by atoms with Crippen LogP contribution in [0.2, 0.25) is 0 Å². The number of nitrogens with zero attached hydrogens (tertiary/aromatic N) is 3. The molecule has 31 heavy (non-hydrogen) atoms. The minimum Gasteiger partial charge on any atom is -0.478 e. The number of hydrogen-bond donors (Lipinski definition) is 3. The number of carbonyl (C=O) groups is 1. The summed E-state index contributed by atoms with van der Waals surface area (Å²) in [6.07, 6.45) is 5.14. The number of aliphatic hydroxyl groups excluding tert-OH is 1. The second-order valence-corrected chi connectivity index (χ2v) is 7.15. The van der Waals surface area contributed by atoms with E-state index in [9.17, 15) is 18.7 Å². The zero-order chi connectivity index (χ0) is 22.0. The van der Waals surface area contributed by atoms with Gasteiger partial charge in [-0.25, -0.2) is 14.3 Å². The summed E-state index contributed by atoms with van der Waals surface area (Å²) in [6, 6.07) is 5.88. The van der Waals surface area contributed by atoms with Crippen LogP contribution in [0.1, 0.15) is 12.8 Å². The van der Waals surface area contributed by atoms with Crippen molar-refractivity contribution in [2.45, 2.75) is 25.5 Å². The molecule has 1 saturated carbocycles. The number of halogens is 2. The number of rotatable bonds is 8. The van der Waals surface area contributed by atoms with Crippen LogP contribution in [-0.2, 0) is 0 Å². The third-order valence-corrected chi connectivity index (χ3v) is 4.97. The van der Waals surface area contributed by atoms with Crippen LogP contribution in [0.25, 0.3) is 16.6 Å². The predicted octanol–water partition coefficient (Wildman–Crippen LogP) is 2.90. The van der Waals surface area contributed by atoms with Gasteiger partial charge in [0.25, 0.3) is 5.88 Å². The lowest BCUT2D eigenvalue weighted by Crippen LogP contribution is -2.41. The summed E-state index contributed by atoms with van der Waals surface area (Å²) >= 11 is 0. The van der Waals surface area contributed by atoms with Crippen molar-refractivity contribution in [3.63, 3.8) is 0 Å². The number of nitrogens with one attached hydrogen (secondary N) is 2. The smallest absolute Gasteiger partial charge is 0.387 e. The maximum absolute atomic E-state index is 12.7. The first kappa shape index (κ1) is 20.8. The van der Waals surface area contributed by atoms with E-state index in [1.807, 2.05) is 0 Å². The first-order valence-electron chi connectivity index (χ1n) is 9.64. The number of urea groups is 1. The second kappa shape index (κ2) is 8.72. The number of ether oxygens (including phenoxy) is 2. The third kappa shape index (κ3) is 4.82. The van der Waals surface area contributed by atoms with Gasteiger partial charge in [-0.15, -0.1) is 5.10 Å². The van der Waals surface area contributed by atoms with E-state index >= 15 is 0 Å². The fourth-order valence-corrected chi connectivity index (χ4v) is 3.29. The highest BCUT2D eigenvalue weighted by Gasteiger charge is 2.31. The van der Waals surface area contributed by atoms with Gasteiger partial charge < -0.3 is 19.9 Å². The Labute approximate surface area is 176 Å². The first-order chi connectivity index (χ1) is 15.0. The molecule has 0 aliphatic heterocycles. The molecule has 3 N–H and O–H groups in total. The summed E-state index contributed by atoms with van der Waals surface area (Å²) < 4.78 is 36.3. The van der Waals surface area contributed by atoms with Crippen LogP contribution in [0.4, 0.5) is 19.4 Å². The van der Waals surface area contributed by atoms with Gasteiger partial charge in [-0.1, -0.05) is 0 Å². The van der Waals surface area contributed by atoms with Crippen molar-refractivity contribution in [2.24, 2.45) is 5.92 Å². The lowest BCUT2D eigenvalue weighted by Gasteiger charge is -2.15. The molecule has 1 aliphatic carbocycles. The zero-order valence-electron chi connectivity index (χ0n) is 16.6. The number of hydrogen-bond acceptors (Lipinski definition) is 6.